The monoisotopic (exact) mass is 356 g/mol. The standard InChI is InChI=1S/C15H11F3N2O3S/c16-15(17,18)10-4-6-11(7-5-10)20-13(21)9-24(22,23)14(20)12-3-1-2-8-19-12/h1-8,14H,9H2. The van der Waals surface area contributed by atoms with Gasteiger partial charge in [-0.3, -0.25) is 14.7 Å². The van der Waals surface area contributed by atoms with E-state index in [4.69, 9.17) is 0 Å². The highest BCUT2D eigenvalue weighted by Crippen LogP contribution is 2.38. The molecule has 1 atom stereocenters. The lowest BCUT2D eigenvalue weighted by Crippen LogP contribution is -2.29. The minimum atomic E-state index is -4.51. The topological polar surface area (TPSA) is 67.3 Å². The van der Waals surface area contributed by atoms with Crippen molar-refractivity contribution in [1.29, 1.82) is 0 Å². The number of alkyl halides is 3. The summed E-state index contributed by atoms with van der Waals surface area (Å²) >= 11 is 0. The fourth-order valence-corrected chi connectivity index (χ4v) is 4.25. The van der Waals surface area contributed by atoms with Crippen LogP contribution in [0.5, 0.6) is 0 Å². The van der Waals surface area contributed by atoms with Gasteiger partial charge in [-0.05, 0) is 36.4 Å². The molecule has 9 heteroatoms. The maximum absolute atomic E-state index is 12.7. The highest BCUT2D eigenvalue weighted by Gasteiger charge is 2.46. The molecule has 1 saturated heterocycles. The van der Waals surface area contributed by atoms with E-state index in [-0.39, 0.29) is 11.4 Å². The molecule has 0 bridgehead atoms. The van der Waals surface area contributed by atoms with Gasteiger partial charge in [0, 0.05) is 11.9 Å². The van der Waals surface area contributed by atoms with Crippen molar-refractivity contribution in [2.24, 2.45) is 0 Å². The van der Waals surface area contributed by atoms with Gasteiger partial charge in [0.05, 0.1) is 11.3 Å². The Bertz CT molecular complexity index is 865. The summed E-state index contributed by atoms with van der Waals surface area (Å²) in [5, 5.41) is -1.34. The fourth-order valence-electron chi connectivity index (χ4n) is 2.54. The van der Waals surface area contributed by atoms with Crippen LogP contribution in [-0.4, -0.2) is 25.1 Å². The number of amides is 1. The molecule has 24 heavy (non-hydrogen) atoms. The zero-order valence-corrected chi connectivity index (χ0v) is 12.9. The average Bonchev–Trinajstić information content (AvgIpc) is 2.76. The van der Waals surface area contributed by atoms with Crippen LogP contribution < -0.4 is 4.90 Å². The van der Waals surface area contributed by atoms with Gasteiger partial charge in [-0.2, -0.15) is 13.2 Å². The van der Waals surface area contributed by atoms with Crippen molar-refractivity contribution in [3.8, 4) is 0 Å². The molecule has 1 unspecified atom stereocenters. The van der Waals surface area contributed by atoms with Crippen molar-refractivity contribution in [2.75, 3.05) is 10.7 Å². The van der Waals surface area contributed by atoms with Crippen LogP contribution >= 0.6 is 0 Å². The number of nitrogens with zero attached hydrogens (tertiary/aromatic N) is 2. The van der Waals surface area contributed by atoms with Crippen molar-refractivity contribution in [2.45, 2.75) is 11.6 Å². The molecule has 1 aliphatic heterocycles. The summed E-state index contributed by atoms with van der Waals surface area (Å²) in [6.07, 6.45) is -3.13. The summed E-state index contributed by atoms with van der Waals surface area (Å²) in [5.41, 5.74) is -0.664. The van der Waals surface area contributed by atoms with Crippen LogP contribution in [0.1, 0.15) is 16.6 Å². The SMILES string of the molecule is O=C1CS(=O)(=O)C(c2ccccn2)N1c1ccc(C(F)(F)F)cc1. The number of halogens is 3. The zero-order chi connectivity index (χ0) is 17.5. The van der Waals surface area contributed by atoms with Crippen LogP contribution in [0, 0.1) is 0 Å². The molecule has 2 heterocycles. The fraction of sp³-hybridized carbons (Fsp3) is 0.200. The summed E-state index contributed by atoms with van der Waals surface area (Å²) in [6, 6.07) is 8.40. The summed E-state index contributed by atoms with van der Waals surface area (Å²) < 4.78 is 62.6. The Balaban J connectivity index is 2.06. The second-order valence-corrected chi connectivity index (χ2v) is 7.28. The summed E-state index contributed by atoms with van der Waals surface area (Å²) in [7, 11) is -3.83. The number of aromatic nitrogens is 1. The zero-order valence-electron chi connectivity index (χ0n) is 12.1. The van der Waals surface area contributed by atoms with Crippen molar-refractivity contribution >= 4 is 21.4 Å². The van der Waals surface area contributed by atoms with E-state index in [0.29, 0.717) is 0 Å². The van der Waals surface area contributed by atoms with E-state index in [1.54, 1.807) is 12.1 Å². The van der Waals surface area contributed by atoms with Gasteiger partial charge in [0.15, 0.2) is 15.2 Å². The Morgan fingerprint density at radius 2 is 1.75 bits per heavy atom. The minimum Gasteiger partial charge on any atom is -0.288 e. The molecule has 1 aromatic heterocycles. The van der Waals surface area contributed by atoms with Crippen LogP contribution in [0.25, 0.3) is 0 Å². The van der Waals surface area contributed by atoms with Crippen LogP contribution in [0.4, 0.5) is 18.9 Å². The maximum atomic E-state index is 12.7. The van der Waals surface area contributed by atoms with Crippen molar-refractivity contribution in [3.05, 3.63) is 59.9 Å². The van der Waals surface area contributed by atoms with Crippen LogP contribution in [-0.2, 0) is 20.8 Å². The molecule has 0 saturated carbocycles. The van der Waals surface area contributed by atoms with E-state index in [2.05, 4.69) is 4.98 Å². The van der Waals surface area contributed by atoms with Gasteiger partial charge in [-0.15, -0.1) is 0 Å². The van der Waals surface area contributed by atoms with E-state index in [9.17, 15) is 26.4 Å². The largest absolute Gasteiger partial charge is 0.416 e. The number of sulfone groups is 1. The van der Waals surface area contributed by atoms with Crippen LogP contribution in [0.15, 0.2) is 48.7 Å². The summed E-state index contributed by atoms with van der Waals surface area (Å²) in [4.78, 5) is 17.1. The normalized spacial score (nSPS) is 20.4. The van der Waals surface area contributed by atoms with E-state index < -0.39 is 38.6 Å². The van der Waals surface area contributed by atoms with Gasteiger partial charge in [-0.25, -0.2) is 8.42 Å². The molecule has 0 radical (unpaired) electrons. The molecule has 0 spiro atoms. The number of hydrogen-bond acceptors (Lipinski definition) is 4. The Labute approximate surface area is 135 Å². The first-order valence-corrected chi connectivity index (χ1v) is 8.53. The second-order valence-electron chi connectivity index (χ2n) is 5.22. The summed E-state index contributed by atoms with van der Waals surface area (Å²) in [5.74, 6) is -1.42. The lowest BCUT2D eigenvalue weighted by atomic mass is 10.2. The van der Waals surface area contributed by atoms with Gasteiger partial charge in [-0.1, -0.05) is 6.07 Å². The van der Waals surface area contributed by atoms with E-state index >= 15 is 0 Å². The molecule has 126 valence electrons. The van der Waals surface area contributed by atoms with Gasteiger partial charge < -0.3 is 0 Å². The van der Waals surface area contributed by atoms with E-state index in [1.807, 2.05) is 0 Å². The van der Waals surface area contributed by atoms with Crippen LogP contribution in [0.3, 0.4) is 0 Å². The first-order valence-electron chi connectivity index (χ1n) is 6.82. The first kappa shape index (κ1) is 16.4. The molecule has 0 N–H and O–H groups in total. The molecule has 2 aromatic rings. The molecule has 1 fully saturated rings. The number of benzene rings is 1. The quantitative estimate of drug-likeness (QED) is 0.829. The van der Waals surface area contributed by atoms with Crippen LogP contribution in [0.2, 0.25) is 0 Å². The predicted octanol–water partition coefficient (Wildman–Crippen LogP) is 2.56. The number of hydrogen-bond donors (Lipinski definition) is 0. The van der Waals surface area contributed by atoms with E-state index in [1.165, 1.54) is 12.3 Å². The van der Waals surface area contributed by atoms with Gasteiger partial charge in [0.1, 0.15) is 5.75 Å². The minimum absolute atomic E-state index is 0.0738. The lowest BCUT2D eigenvalue weighted by Gasteiger charge is -2.23. The molecule has 1 aliphatic rings. The number of pyridine rings is 1. The van der Waals surface area contributed by atoms with Crippen molar-refractivity contribution in [3.63, 3.8) is 0 Å². The molecule has 0 aliphatic carbocycles. The molecule has 1 amide bonds. The average molecular weight is 356 g/mol. The lowest BCUT2D eigenvalue weighted by molar-refractivity contribution is -0.137. The Hall–Kier alpha value is -2.42. The third-order valence-electron chi connectivity index (χ3n) is 3.58. The number of carbonyl (C=O) groups excluding carboxylic acids is 1. The third kappa shape index (κ3) is 2.86. The van der Waals surface area contributed by atoms with Gasteiger partial charge in [0.2, 0.25) is 5.91 Å². The first-order chi connectivity index (χ1) is 11.2. The molecule has 1 aromatic carbocycles. The Morgan fingerprint density at radius 1 is 1.08 bits per heavy atom. The molecular formula is C15H11F3N2O3S. The highest BCUT2D eigenvalue weighted by molar-refractivity contribution is 7.93. The Kier molecular flexibility index (Phi) is 3.83. The molecule has 3 rings (SSSR count). The number of anilines is 1. The maximum Gasteiger partial charge on any atom is 0.416 e. The molecular weight excluding hydrogens is 345 g/mol. The predicted molar refractivity (Wildman–Crippen MR) is 79.7 cm³/mol. The highest BCUT2D eigenvalue weighted by atomic mass is 32.2. The van der Waals surface area contributed by atoms with Gasteiger partial charge >= 0.3 is 6.18 Å². The smallest absolute Gasteiger partial charge is 0.288 e. The third-order valence-corrected chi connectivity index (χ3v) is 5.36. The van der Waals surface area contributed by atoms with Gasteiger partial charge in [0.25, 0.3) is 0 Å². The van der Waals surface area contributed by atoms with E-state index in [0.717, 1.165) is 29.2 Å². The Morgan fingerprint density at radius 3 is 2.29 bits per heavy atom. The number of rotatable bonds is 2. The van der Waals surface area contributed by atoms with Crippen molar-refractivity contribution < 1.29 is 26.4 Å². The second kappa shape index (κ2) is 5.59. The number of carbonyl (C=O) groups is 1. The summed E-state index contributed by atoms with van der Waals surface area (Å²) in [6.45, 7) is 0. The van der Waals surface area contributed by atoms with Crippen molar-refractivity contribution in [1.82, 2.24) is 4.98 Å². The molecule has 5 nitrogen and oxygen atoms in total.